The molecule has 30 heavy (non-hydrogen) atoms. The lowest BCUT2D eigenvalue weighted by Gasteiger charge is -2.33. The Labute approximate surface area is 175 Å². The van der Waals surface area contributed by atoms with Crippen LogP contribution >= 0.6 is 0 Å². The Morgan fingerprint density at radius 1 is 1.23 bits per heavy atom. The van der Waals surface area contributed by atoms with Crippen molar-refractivity contribution in [3.8, 4) is 5.88 Å². The molecule has 9 heteroatoms. The molecule has 0 bridgehead atoms. The van der Waals surface area contributed by atoms with Gasteiger partial charge >= 0.3 is 12.1 Å². The number of nitrogens with one attached hydrogen (secondary N) is 1. The van der Waals surface area contributed by atoms with E-state index in [9.17, 15) is 9.59 Å². The topological polar surface area (TPSA) is 94.9 Å². The molecule has 1 atom stereocenters. The van der Waals surface area contributed by atoms with Gasteiger partial charge in [-0.05, 0) is 18.9 Å². The van der Waals surface area contributed by atoms with Gasteiger partial charge < -0.3 is 24.4 Å². The molecule has 0 saturated carbocycles. The molecule has 0 aliphatic carbocycles. The Kier molecular flexibility index (Phi) is 7.67. The van der Waals surface area contributed by atoms with Gasteiger partial charge in [0, 0.05) is 32.7 Å². The number of esters is 1. The Balaban J connectivity index is 1.46. The van der Waals surface area contributed by atoms with E-state index in [2.05, 4.69) is 10.4 Å². The van der Waals surface area contributed by atoms with Gasteiger partial charge in [-0.1, -0.05) is 30.3 Å². The van der Waals surface area contributed by atoms with Crippen molar-refractivity contribution in [3.63, 3.8) is 0 Å². The predicted molar refractivity (Wildman–Crippen MR) is 109 cm³/mol. The summed E-state index contributed by atoms with van der Waals surface area (Å²) >= 11 is 0. The average molecular weight is 416 g/mol. The van der Waals surface area contributed by atoms with Gasteiger partial charge in [-0.3, -0.25) is 0 Å². The molecule has 0 unspecified atom stereocenters. The van der Waals surface area contributed by atoms with Crippen molar-refractivity contribution in [1.29, 1.82) is 0 Å². The predicted octanol–water partition coefficient (Wildman–Crippen LogP) is 1.98. The number of ether oxygens (including phenoxy) is 3. The molecule has 1 amide bonds. The molecule has 3 rings (SSSR count). The monoisotopic (exact) mass is 416 g/mol. The number of hydrogen-bond acceptors (Lipinski definition) is 7. The number of piperazine rings is 1. The first kappa shape index (κ1) is 21.6. The third-order valence-corrected chi connectivity index (χ3v) is 4.80. The minimum absolute atomic E-state index is 0.0716. The number of amides is 1. The van der Waals surface area contributed by atoms with Crippen LogP contribution in [0.15, 0.2) is 36.5 Å². The molecular weight excluding hydrogens is 388 g/mol. The Morgan fingerprint density at radius 2 is 2.03 bits per heavy atom. The molecule has 1 aromatic heterocycles. The first-order valence-corrected chi connectivity index (χ1v) is 10.1. The number of carbonyl (C=O) groups excluding carboxylic acids is 2. The molecule has 2 aromatic rings. The van der Waals surface area contributed by atoms with Crippen molar-refractivity contribution in [2.24, 2.45) is 7.05 Å². The second-order valence-corrected chi connectivity index (χ2v) is 6.98. The number of benzene rings is 1. The maximum absolute atomic E-state index is 12.4. The molecule has 1 fully saturated rings. The van der Waals surface area contributed by atoms with Crippen LogP contribution in [0.1, 0.15) is 29.3 Å². The van der Waals surface area contributed by atoms with Crippen LogP contribution in [0, 0.1) is 0 Å². The summed E-state index contributed by atoms with van der Waals surface area (Å²) in [6, 6.07) is 9.68. The summed E-state index contributed by atoms with van der Waals surface area (Å²) in [4.78, 5) is 26.1. The van der Waals surface area contributed by atoms with Crippen molar-refractivity contribution < 1.29 is 23.8 Å². The summed E-state index contributed by atoms with van der Waals surface area (Å²) in [5, 5.41) is 7.46. The zero-order chi connectivity index (χ0) is 21.3. The summed E-state index contributed by atoms with van der Waals surface area (Å²) in [7, 11) is 1.71. The third kappa shape index (κ3) is 5.73. The number of nitrogens with zero attached hydrogens (tertiary/aromatic N) is 3. The summed E-state index contributed by atoms with van der Waals surface area (Å²) in [6.07, 6.45) is 1.79. The first-order chi connectivity index (χ1) is 14.6. The quantitative estimate of drug-likeness (QED) is 0.658. The fraction of sp³-hybridized carbons (Fsp3) is 0.476. The van der Waals surface area contributed by atoms with Crippen molar-refractivity contribution >= 4 is 12.1 Å². The first-order valence-electron chi connectivity index (χ1n) is 10.1. The summed E-state index contributed by atoms with van der Waals surface area (Å²) in [5.41, 5.74) is 1.27. The van der Waals surface area contributed by atoms with Gasteiger partial charge in [0.15, 0.2) is 0 Å². The van der Waals surface area contributed by atoms with E-state index in [1.54, 1.807) is 18.9 Å². The van der Waals surface area contributed by atoms with E-state index in [0.29, 0.717) is 44.1 Å². The largest absolute Gasteiger partial charge is 0.477 e. The molecule has 1 aliphatic heterocycles. The fourth-order valence-corrected chi connectivity index (χ4v) is 3.24. The van der Waals surface area contributed by atoms with Crippen molar-refractivity contribution in [2.75, 3.05) is 32.8 Å². The maximum Gasteiger partial charge on any atom is 0.410 e. The number of hydrogen-bond donors (Lipinski definition) is 1. The van der Waals surface area contributed by atoms with E-state index in [1.807, 2.05) is 30.3 Å². The molecule has 2 heterocycles. The van der Waals surface area contributed by atoms with E-state index in [4.69, 9.17) is 14.2 Å². The number of rotatable bonds is 8. The molecular formula is C21H28N4O5. The minimum Gasteiger partial charge on any atom is -0.477 e. The highest BCUT2D eigenvalue weighted by Gasteiger charge is 2.25. The minimum atomic E-state index is -0.455. The van der Waals surface area contributed by atoms with Crippen molar-refractivity contribution in [2.45, 2.75) is 26.0 Å². The second kappa shape index (κ2) is 10.6. The highest BCUT2D eigenvalue weighted by atomic mass is 16.6. The van der Waals surface area contributed by atoms with Crippen LogP contribution in [-0.4, -0.2) is 65.6 Å². The molecule has 1 aliphatic rings. The Hall–Kier alpha value is -3.07. The Morgan fingerprint density at radius 3 is 2.80 bits per heavy atom. The van der Waals surface area contributed by atoms with Crippen LogP contribution in [-0.2, 0) is 23.1 Å². The lowest BCUT2D eigenvalue weighted by molar-refractivity contribution is 0.0520. The van der Waals surface area contributed by atoms with Crippen LogP contribution < -0.4 is 10.1 Å². The van der Waals surface area contributed by atoms with Crippen molar-refractivity contribution in [1.82, 2.24) is 20.0 Å². The van der Waals surface area contributed by atoms with Crippen LogP contribution in [0.4, 0.5) is 4.79 Å². The lowest BCUT2D eigenvalue weighted by Crippen LogP contribution is -2.53. The normalized spacial score (nSPS) is 16.2. The molecule has 1 aromatic carbocycles. The highest BCUT2D eigenvalue weighted by Crippen LogP contribution is 2.19. The standard InChI is InChI=1S/C21H28N4O5/c1-3-28-20(26)18-13-23-24(2)19(18)29-12-9-17-14-25(11-10-22-17)21(27)30-15-16-7-5-4-6-8-16/h4-8,13,17,22H,3,9-12,14-15H2,1-2H3/t17-/m1/s1. The fourth-order valence-electron chi connectivity index (χ4n) is 3.24. The van der Waals surface area contributed by atoms with Gasteiger partial charge in [0.05, 0.1) is 19.4 Å². The van der Waals surface area contributed by atoms with Gasteiger partial charge in [-0.25, -0.2) is 14.3 Å². The summed E-state index contributed by atoms with van der Waals surface area (Å²) < 4.78 is 17.8. The number of aromatic nitrogens is 2. The molecule has 0 spiro atoms. The molecule has 1 saturated heterocycles. The number of aryl methyl sites for hydroxylation is 1. The van der Waals surface area contributed by atoms with Crippen molar-refractivity contribution in [3.05, 3.63) is 47.7 Å². The van der Waals surface area contributed by atoms with Gasteiger partial charge in [-0.15, -0.1) is 0 Å². The molecule has 9 nitrogen and oxygen atoms in total. The smallest absolute Gasteiger partial charge is 0.410 e. The summed E-state index contributed by atoms with van der Waals surface area (Å²) in [6.45, 7) is 4.48. The van der Waals surface area contributed by atoms with Gasteiger partial charge in [0.1, 0.15) is 12.2 Å². The molecule has 162 valence electrons. The van der Waals surface area contributed by atoms with Crippen LogP contribution in [0.5, 0.6) is 5.88 Å². The molecule has 1 N–H and O–H groups in total. The lowest BCUT2D eigenvalue weighted by atomic mass is 10.1. The van der Waals surface area contributed by atoms with Crippen LogP contribution in [0.2, 0.25) is 0 Å². The maximum atomic E-state index is 12.4. The van der Waals surface area contributed by atoms with Crippen LogP contribution in [0.25, 0.3) is 0 Å². The van der Waals surface area contributed by atoms with Gasteiger partial charge in [0.2, 0.25) is 5.88 Å². The van der Waals surface area contributed by atoms with E-state index in [-0.39, 0.29) is 25.3 Å². The molecule has 0 radical (unpaired) electrons. The van der Waals surface area contributed by atoms with Gasteiger partial charge in [0.25, 0.3) is 0 Å². The SMILES string of the molecule is CCOC(=O)c1cnn(C)c1OCC[C@@H]1CN(C(=O)OCc2ccccc2)CCN1. The van der Waals surface area contributed by atoms with E-state index >= 15 is 0 Å². The van der Waals surface area contributed by atoms with Crippen LogP contribution in [0.3, 0.4) is 0 Å². The second-order valence-electron chi connectivity index (χ2n) is 6.98. The highest BCUT2D eigenvalue weighted by molar-refractivity contribution is 5.91. The number of carbonyl (C=O) groups is 2. The Bertz CT molecular complexity index is 839. The van der Waals surface area contributed by atoms with E-state index in [0.717, 1.165) is 5.56 Å². The third-order valence-electron chi connectivity index (χ3n) is 4.80. The van der Waals surface area contributed by atoms with E-state index in [1.165, 1.54) is 10.9 Å². The van der Waals surface area contributed by atoms with Gasteiger partial charge in [-0.2, -0.15) is 5.10 Å². The zero-order valence-corrected chi connectivity index (χ0v) is 17.4. The summed E-state index contributed by atoms with van der Waals surface area (Å²) in [5.74, 6) is -0.0767. The zero-order valence-electron chi connectivity index (χ0n) is 17.4. The average Bonchev–Trinajstić information content (AvgIpc) is 3.14. The van der Waals surface area contributed by atoms with E-state index < -0.39 is 5.97 Å².